The SMILES string of the molecule is Cc1ncc(-c2ccc3nc(NC(=O)CCCCCn4cc(C(=O)N[C@H](C(=O)N5C[C@H](O)C[C@H]5C(=O)NCc5ccc(-c6scnc6C)cc5)C(C)(C)C)ccc4=O)sc3c2)cc1NC(=O)OC1CCCCC1. The highest BCUT2D eigenvalue weighted by Gasteiger charge is 2.44. The van der Waals surface area contributed by atoms with Crippen LogP contribution in [-0.4, -0.2) is 90.1 Å². The Morgan fingerprint density at radius 1 is 0.877 bits per heavy atom. The molecule has 1 aliphatic carbocycles. The lowest BCUT2D eigenvalue weighted by molar-refractivity contribution is -0.142. The van der Waals surface area contributed by atoms with Gasteiger partial charge in [0, 0.05) is 56.5 Å². The van der Waals surface area contributed by atoms with E-state index in [1.54, 1.807) is 23.0 Å². The maximum absolute atomic E-state index is 14.2. The molecule has 0 spiro atoms. The number of ether oxygens (including phenoxy) is 1. The van der Waals surface area contributed by atoms with Gasteiger partial charge in [-0.1, -0.05) is 75.3 Å². The molecular weight excluding hydrogens is 967 g/mol. The topological polar surface area (TPSA) is 227 Å². The molecule has 0 unspecified atom stereocenters. The van der Waals surface area contributed by atoms with Gasteiger partial charge in [0.05, 0.1) is 49.3 Å². The van der Waals surface area contributed by atoms with Gasteiger partial charge in [0.15, 0.2) is 5.13 Å². The first-order chi connectivity index (χ1) is 35.0. The highest BCUT2D eigenvalue weighted by Crippen LogP contribution is 2.33. The van der Waals surface area contributed by atoms with E-state index in [4.69, 9.17) is 4.74 Å². The van der Waals surface area contributed by atoms with E-state index in [1.165, 1.54) is 45.6 Å². The van der Waals surface area contributed by atoms with Crippen molar-refractivity contribution in [3.8, 4) is 21.6 Å². The van der Waals surface area contributed by atoms with E-state index in [2.05, 4.69) is 36.2 Å². The summed E-state index contributed by atoms with van der Waals surface area (Å²) < 4.78 is 7.97. The molecule has 5 amide bonds. The number of nitrogens with zero attached hydrogens (tertiary/aromatic N) is 5. The highest BCUT2D eigenvalue weighted by atomic mass is 32.1. The number of carbonyl (C=O) groups is 5. The molecule has 4 aromatic heterocycles. The summed E-state index contributed by atoms with van der Waals surface area (Å²) in [4.78, 5) is 96.1. The molecule has 17 nitrogen and oxygen atoms in total. The molecule has 1 saturated heterocycles. The van der Waals surface area contributed by atoms with Crippen molar-refractivity contribution < 1.29 is 33.8 Å². The number of aryl methyl sites for hydroxylation is 3. The summed E-state index contributed by atoms with van der Waals surface area (Å²) in [5.41, 5.74) is 7.44. The van der Waals surface area contributed by atoms with Crippen LogP contribution in [0, 0.1) is 19.3 Å². The van der Waals surface area contributed by atoms with Crippen LogP contribution in [-0.2, 0) is 32.2 Å². The van der Waals surface area contributed by atoms with Gasteiger partial charge < -0.3 is 35.3 Å². The summed E-state index contributed by atoms with van der Waals surface area (Å²) in [5.74, 6) is -1.65. The summed E-state index contributed by atoms with van der Waals surface area (Å²) in [6.07, 6.45) is 8.89. The standard InChI is InChI=1S/C54H63N9O8S2/c1-32-42(59-53(70)71-40-12-8-6-9-13-40)24-38(28-55-32)36-19-21-41-44(25-36)73-52(58-41)60-45(65)14-10-7-11-23-62-29-37(20-22-46(62)66)49(67)61-48(54(3,4)5)51(69)63-30-39(64)26-43(63)50(68)56-27-34-15-17-35(18-16-34)47-33(2)57-31-72-47/h15-22,24-25,28-29,31,39-40,43,48,64H,6-14,23,26-27,30H2,1-5H3,(H,56,68)(H,59,70)(H,61,67)(H,58,60,65)/t39-,43+,48-/m1/s1. The van der Waals surface area contributed by atoms with Gasteiger partial charge in [0.1, 0.15) is 18.2 Å². The summed E-state index contributed by atoms with van der Waals surface area (Å²) in [6, 6.07) is 16.2. The van der Waals surface area contributed by atoms with E-state index in [0.717, 1.165) is 68.7 Å². The molecule has 5 heterocycles. The molecule has 5 N–H and O–H groups in total. The smallest absolute Gasteiger partial charge is 0.411 e. The number of hydrogen-bond acceptors (Lipinski definition) is 13. The molecule has 73 heavy (non-hydrogen) atoms. The van der Waals surface area contributed by atoms with Crippen molar-refractivity contribution in [1.29, 1.82) is 0 Å². The lowest BCUT2D eigenvalue weighted by Gasteiger charge is -2.35. The second-order valence-corrected chi connectivity index (χ2v) is 21.9. The molecule has 19 heteroatoms. The lowest BCUT2D eigenvalue weighted by atomic mass is 9.85. The minimum absolute atomic E-state index is 0.0581. The van der Waals surface area contributed by atoms with Crippen LogP contribution in [0.4, 0.5) is 15.6 Å². The summed E-state index contributed by atoms with van der Waals surface area (Å²) in [5, 5.41) is 22.7. The maximum atomic E-state index is 14.2. The number of likely N-dealkylation sites (tertiary alicyclic amines) is 1. The first-order valence-corrected chi connectivity index (χ1v) is 26.6. The molecular formula is C54H63N9O8S2. The Kier molecular flexibility index (Phi) is 16.8. The molecule has 2 fully saturated rings. The number of aromatic nitrogens is 4. The molecule has 384 valence electrons. The molecule has 3 atom stereocenters. The maximum Gasteiger partial charge on any atom is 0.411 e. The van der Waals surface area contributed by atoms with E-state index < -0.39 is 47.4 Å². The Hall–Kier alpha value is -6.83. The number of hydrogen-bond donors (Lipinski definition) is 5. The second-order valence-electron chi connectivity index (χ2n) is 20.0. The third-order valence-electron chi connectivity index (χ3n) is 13.3. The predicted molar refractivity (Wildman–Crippen MR) is 283 cm³/mol. The average Bonchev–Trinajstić information content (AvgIpc) is 4.10. The van der Waals surface area contributed by atoms with Crippen LogP contribution in [0.3, 0.4) is 0 Å². The van der Waals surface area contributed by atoms with Crippen LogP contribution in [0.25, 0.3) is 31.8 Å². The van der Waals surface area contributed by atoms with Gasteiger partial charge in [-0.25, -0.2) is 14.8 Å². The van der Waals surface area contributed by atoms with Crippen molar-refractivity contribution in [1.82, 2.24) is 35.1 Å². The van der Waals surface area contributed by atoms with Crippen LogP contribution in [0.15, 0.2) is 83.4 Å². The van der Waals surface area contributed by atoms with Crippen LogP contribution in [0.5, 0.6) is 0 Å². The third-order valence-corrected chi connectivity index (χ3v) is 15.3. The molecule has 1 aliphatic heterocycles. The first-order valence-electron chi connectivity index (χ1n) is 24.9. The highest BCUT2D eigenvalue weighted by molar-refractivity contribution is 7.22. The van der Waals surface area contributed by atoms with Crippen LogP contribution in [0.2, 0.25) is 0 Å². The van der Waals surface area contributed by atoms with Crippen molar-refractivity contribution in [3.63, 3.8) is 0 Å². The largest absolute Gasteiger partial charge is 0.446 e. The van der Waals surface area contributed by atoms with Gasteiger partial charge in [-0.05, 0) is 98.7 Å². The number of amides is 5. The van der Waals surface area contributed by atoms with Gasteiger partial charge in [-0.3, -0.25) is 34.3 Å². The predicted octanol–water partition coefficient (Wildman–Crippen LogP) is 8.76. The normalized spacial score (nSPS) is 16.5. The molecule has 0 radical (unpaired) electrons. The van der Waals surface area contributed by atoms with Crippen molar-refractivity contribution in [2.75, 3.05) is 17.2 Å². The van der Waals surface area contributed by atoms with Crippen molar-refractivity contribution in [3.05, 3.63) is 111 Å². The molecule has 8 rings (SSSR count). The molecule has 6 aromatic rings. The van der Waals surface area contributed by atoms with Crippen molar-refractivity contribution >= 4 is 73.4 Å². The Bertz CT molecular complexity index is 3030. The van der Waals surface area contributed by atoms with E-state index in [1.807, 2.05) is 83.1 Å². The number of rotatable bonds is 17. The number of benzene rings is 2. The zero-order valence-corrected chi connectivity index (χ0v) is 43.5. The number of aliphatic hydroxyl groups excluding tert-OH is 1. The fourth-order valence-electron chi connectivity index (χ4n) is 9.21. The number of anilines is 2. The number of pyridine rings is 2. The summed E-state index contributed by atoms with van der Waals surface area (Å²) in [7, 11) is 0. The van der Waals surface area contributed by atoms with Gasteiger partial charge >= 0.3 is 6.09 Å². The monoisotopic (exact) mass is 1030 g/mol. The number of fused-ring (bicyclic) bond motifs is 1. The lowest BCUT2D eigenvalue weighted by Crippen LogP contribution is -2.57. The molecule has 0 bridgehead atoms. The number of aliphatic hydroxyl groups is 1. The van der Waals surface area contributed by atoms with E-state index in [9.17, 15) is 33.9 Å². The Morgan fingerprint density at radius 3 is 2.38 bits per heavy atom. The minimum atomic E-state index is -1.06. The Labute approximate surface area is 432 Å². The quantitative estimate of drug-likeness (QED) is 0.0543. The zero-order valence-electron chi connectivity index (χ0n) is 41.9. The minimum Gasteiger partial charge on any atom is -0.446 e. The van der Waals surface area contributed by atoms with E-state index >= 15 is 0 Å². The van der Waals surface area contributed by atoms with Gasteiger partial charge in [0.2, 0.25) is 17.7 Å². The zero-order chi connectivity index (χ0) is 51.8. The molecule has 2 aromatic carbocycles. The Balaban J connectivity index is 0.803. The third kappa shape index (κ3) is 13.4. The van der Waals surface area contributed by atoms with Gasteiger partial charge in [-0.2, -0.15) is 0 Å². The number of unbranched alkanes of at least 4 members (excludes halogenated alkanes) is 2. The van der Waals surface area contributed by atoms with Crippen molar-refractivity contribution in [2.24, 2.45) is 5.41 Å². The Morgan fingerprint density at radius 2 is 1.64 bits per heavy atom. The molecule has 2 aliphatic rings. The van der Waals surface area contributed by atoms with Gasteiger partial charge in [-0.15, -0.1) is 11.3 Å². The summed E-state index contributed by atoms with van der Waals surface area (Å²) in [6.45, 7) is 9.69. The van der Waals surface area contributed by atoms with E-state index in [0.29, 0.717) is 42.3 Å². The van der Waals surface area contributed by atoms with Gasteiger partial charge in [0.25, 0.3) is 11.5 Å². The molecule has 1 saturated carbocycles. The second kappa shape index (κ2) is 23.4. The fourth-order valence-corrected chi connectivity index (χ4v) is 10.9. The number of carbonyl (C=O) groups excluding carboxylic acids is 5. The van der Waals surface area contributed by atoms with E-state index in [-0.39, 0.29) is 49.1 Å². The average molecular weight is 1030 g/mol. The van der Waals surface area contributed by atoms with Crippen LogP contribution in [0.1, 0.15) is 112 Å². The fraction of sp³-hybridized carbons (Fsp3) is 0.426. The summed E-state index contributed by atoms with van der Waals surface area (Å²) >= 11 is 2.92. The number of β-amino-alcohol motifs (C(OH)–C–C–N with tert-alkyl or cyclic N) is 1. The number of nitrogens with one attached hydrogen (secondary N) is 4. The van der Waals surface area contributed by atoms with Crippen molar-refractivity contribution in [2.45, 2.75) is 136 Å². The van der Waals surface area contributed by atoms with Crippen LogP contribution >= 0.6 is 22.7 Å². The van der Waals surface area contributed by atoms with Crippen LogP contribution < -0.4 is 26.8 Å². The number of thiazole rings is 2. The first kappa shape index (κ1) is 52.5.